The molecule has 8 nitrogen and oxygen atoms in total. The average Bonchev–Trinajstić information content (AvgIpc) is 3.01. The van der Waals surface area contributed by atoms with Crippen molar-refractivity contribution in [1.29, 1.82) is 0 Å². The summed E-state index contributed by atoms with van der Waals surface area (Å²) in [5.41, 5.74) is 1.14. The van der Waals surface area contributed by atoms with Gasteiger partial charge in [0, 0.05) is 12.1 Å². The fraction of sp³-hybridized carbons (Fsp3) is 0.250. The summed E-state index contributed by atoms with van der Waals surface area (Å²) in [7, 11) is 1.31. The molecule has 104 valence electrons. The van der Waals surface area contributed by atoms with Gasteiger partial charge in [-0.05, 0) is 28.6 Å². The maximum atomic E-state index is 11.9. The second-order valence-corrected chi connectivity index (χ2v) is 3.89. The number of ether oxygens (including phenoxy) is 1. The number of rotatable bonds is 5. The fourth-order valence-electron chi connectivity index (χ4n) is 1.55. The van der Waals surface area contributed by atoms with Crippen LogP contribution >= 0.6 is 0 Å². The van der Waals surface area contributed by atoms with E-state index in [4.69, 9.17) is 0 Å². The molecule has 0 spiro atoms. The summed E-state index contributed by atoms with van der Waals surface area (Å²) in [6, 6.07) is 6.83. The van der Waals surface area contributed by atoms with E-state index < -0.39 is 0 Å². The quantitative estimate of drug-likeness (QED) is 0.768. The van der Waals surface area contributed by atoms with Crippen molar-refractivity contribution in [2.45, 2.75) is 6.42 Å². The van der Waals surface area contributed by atoms with Gasteiger partial charge in [0.2, 0.25) is 0 Å². The molecule has 0 fully saturated rings. The summed E-state index contributed by atoms with van der Waals surface area (Å²) in [6.45, 7) is 0.223. The molecule has 20 heavy (non-hydrogen) atoms. The third-order valence-corrected chi connectivity index (χ3v) is 2.56. The van der Waals surface area contributed by atoms with Gasteiger partial charge in [-0.3, -0.25) is 9.59 Å². The predicted molar refractivity (Wildman–Crippen MR) is 68.1 cm³/mol. The van der Waals surface area contributed by atoms with Crippen molar-refractivity contribution in [1.82, 2.24) is 25.5 Å². The first-order chi connectivity index (χ1) is 9.70. The number of nitrogens with zero attached hydrogens (tertiary/aromatic N) is 4. The van der Waals surface area contributed by atoms with Crippen LogP contribution in [0.2, 0.25) is 0 Å². The third-order valence-electron chi connectivity index (χ3n) is 2.56. The van der Waals surface area contributed by atoms with Gasteiger partial charge in [-0.1, -0.05) is 6.07 Å². The Hall–Kier alpha value is -2.77. The second kappa shape index (κ2) is 6.41. The molecule has 0 aliphatic rings. The maximum Gasteiger partial charge on any atom is 0.307 e. The van der Waals surface area contributed by atoms with Crippen LogP contribution in [-0.2, 0) is 9.53 Å². The molecule has 0 unspecified atom stereocenters. The molecule has 0 bridgehead atoms. The normalized spacial score (nSPS) is 10.1. The van der Waals surface area contributed by atoms with Gasteiger partial charge in [0.15, 0.2) is 0 Å². The monoisotopic (exact) mass is 275 g/mol. The van der Waals surface area contributed by atoms with Gasteiger partial charge < -0.3 is 10.1 Å². The molecule has 2 rings (SSSR count). The van der Waals surface area contributed by atoms with E-state index in [9.17, 15) is 9.59 Å². The summed E-state index contributed by atoms with van der Waals surface area (Å²) in [6.07, 6.45) is 1.57. The van der Waals surface area contributed by atoms with Gasteiger partial charge in [0.25, 0.3) is 5.91 Å². The Labute approximate surface area is 114 Å². The number of carbonyl (C=O) groups excluding carboxylic acids is 2. The lowest BCUT2D eigenvalue weighted by Gasteiger charge is -2.06. The number of hydrogen-bond acceptors (Lipinski definition) is 6. The lowest BCUT2D eigenvalue weighted by molar-refractivity contribution is -0.140. The first-order valence-corrected chi connectivity index (χ1v) is 5.89. The Morgan fingerprint density at radius 1 is 1.40 bits per heavy atom. The van der Waals surface area contributed by atoms with Crippen LogP contribution in [0.4, 0.5) is 0 Å². The van der Waals surface area contributed by atoms with Crippen molar-refractivity contribution in [3.63, 3.8) is 0 Å². The van der Waals surface area contributed by atoms with Crippen LogP contribution in [0, 0.1) is 0 Å². The first kappa shape index (κ1) is 13.7. The molecule has 0 saturated heterocycles. The van der Waals surface area contributed by atoms with Crippen LogP contribution in [-0.4, -0.2) is 45.7 Å². The van der Waals surface area contributed by atoms with E-state index in [2.05, 4.69) is 25.6 Å². The molecule has 1 aromatic carbocycles. The molecule has 0 aliphatic heterocycles. The summed E-state index contributed by atoms with van der Waals surface area (Å²) in [4.78, 5) is 22.9. The van der Waals surface area contributed by atoms with Crippen LogP contribution in [0.25, 0.3) is 5.69 Å². The van der Waals surface area contributed by atoms with Gasteiger partial charge in [0.05, 0.1) is 19.2 Å². The molecule has 1 heterocycles. The molecule has 0 atom stereocenters. The lowest BCUT2D eigenvalue weighted by atomic mass is 10.2. The summed E-state index contributed by atoms with van der Waals surface area (Å²) in [5, 5.41) is 13.4. The molecular weight excluding hydrogens is 262 g/mol. The maximum absolute atomic E-state index is 11.9. The van der Waals surface area contributed by atoms with Gasteiger partial charge >= 0.3 is 5.97 Å². The van der Waals surface area contributed by atoms with Crippen molar-refractivity contribution in [2.75, 3.05) is 13.7 Å². The average molecular weight is 275 g/mol. The lowest BCUT2D eigenvalue weighted by Crippen LogP contribution is -2.26. The van der Waals surface area contributed by atoms with Crippen molar-refractivity contribution >= 4 is 11.9 Å². The number of hydrogen-bond donors (Lipinski definition) is 1. The Morgan fingerprint density at radius 2 is 2.25 bits per heavy atom. The Morgan fingerprint density at radius 3 is 2.95 bits per heavy atom. The topological polar surface area (TPSA) is 99.0 Å². The van der Waals surface area contributed by atoms with Crippen LogP contribution in [0.5, 0.6) is 0 Å². The largest absolute Gasteiger partial charge is 0.469 e. The highest BCUT2D eigenvalue weighted by molar-refractivity contribution is 5.94. The number of carbonyl (C=O) groups is 2. The molecule has 8 heteroatoms. The summed E-state index contributed by atoms with van der Waals surface area (Å²) >= 11 is 0. The zero-order valence-corrected chi connectivity index (χ0v) is 10.8. The fourth-order valence-corrected chi connectivity index (χ4v) is 1.55. The molecule has 1 amide bonds. The zero-order valence-electron chi connectivity index (χ0n) is 10.8. The smallest absolute Gasteiger partial charge is 0.307 e. The Kier molecular flexibility index (Phi) is 4.38. The van der Waals surface area contributed by atoms with Gasteiger partial charge in [0.1, 0.15) is 6.33 Å². The third kappa shape index (κ3) is 3.37. The van der Waals surface area contributed by atoms with Gasteiger partial charge in [-0.15, -0.1) is 5.10 Å². The standard InChI is InChI=1S/C12H13N5O3/c1-20-11(18)5-6-13-12(19)9-3-2-4-10(7-9)17-8-14-15-16-17/h2-4,7-8H,5-6H2,1H3,(H,13,19). The van der Waals surface area contributed by atoms with Crippen molar-refractivity contribution in [2.24, 2.45) is 0 Å². The Balaban J connectivity index is 2.00. The number of amides is 1. The van der Waals surface area contributed by atoms with E-state index in [-0.39, 0.29) is 24.8 Å². The second-order valence-electron chi connectivity index (χ2n) is 3.89. The number of methoxy groups -OCH3 is 1. The first-order valence-electron chi connectivity index (χ1n) is 5.89. The van der Waals surface area contributed by atoms with E-state index in [1.54, 1.807) is 24.3 Å². The number of aromatic nitrogens is 4. The van der Waals surface area contributed by atoms with Crippen molar-refractivity contribution in [3.8, 4) is 5.69 Å². The number of tetrazole rings is 1. The summed E-state index contributed by atoms with van der Waals surface area (Å²) < 4.78 is 5.94. The Bertz CT molecular complexity index is 597. The summed E-state index contributed by atoms with van der Waals surface area (Å²) in [5.74, 6) is -0.642. The number of esters is 1. The number of nitrogens with one attached hydrogen (secondary N) is 1. The molecule has 1 aromatic heterocycles. The SMILES string of the molecule is COC(=O)CCNC(=O)c1cccc(-n2cnnn2)c1. The molecule has 0 saturated carbocycles. The highest BCUT2D eigenvalue weighted by Crippen LogP contribution is 2.08. The van der Waals surface area contributed by atoms with Gasteiger partial charge in [-0.2, -0.15) is 0 Å². The van der Waals surface area contributed by atoms with Gasteiger partial charge in [-0.25, -0.2) is 4.68 Å². The van der Waals surface area contributed by atoms with E-state index in [1.807, 2.05) is 0 Å². The van der Waals surface area contributed by atoms with Crippen molar-refractivity contribution in [3.05, 3.63) is 36.2 Å². The highest BCUT2D eigenvalue weighted by Gasteiger charge is 2.08. The van der Waals surface area contributed by atoms with E-state index >= 15 is 0 Å². The van der Waals surface area contributed by atoms with Crippen LogP contribution in [0.3, 0.4) is 0 Å². The molecule has 0 aliphatic carbocycles. The van der Waals surface area contributed by atoms with Crippen LogP contribution < -0.4 is 5.32 Å². The van der Waals surface area contributed by atoms with Crippen LogP contribution in [0.15, 0.2) is 30.6 Å². The zero-order chi connectivity index (χ0) is 14.4. The minimum absolute atomic E-state index is 0.134. The number of benzene rings is 1. The van der Waals surface area contributed by atoms with Crippen LogP contribution in [0.1, 0.15) is 16.8 Å². The minimum Gasteiger partial charge on any atom is -0.469 e. The minimum atomic E-state index is -0.368. The molecule has 1 N–H and O–H groups in total. The molecule has 2 aromatic rings. The predicted octanol–water partition coefficient (Wildman–Crippen LogP) is -0.0448. The van der Waals surface area contributed by atoms with Crippen molar-refractivity contribution < 1.29 is 14.3 Å². The molecule has 0 radical (unpaired) electrons. The van der Waals surface area contributed by atoms with E-state index in [1.165, 1.54) is 18.1 Å². The molecular formula is C12H13N5O3. The highest BCUT2D eigenvalue weighted by atomic mass is 16.5. The van der Waals surface area contributed by atoms with E-state index in [0.29, 0.717) is 11.3 Å². The van der Waals surface area contributed by atoms with E-state index in [0.717, 1.165) is 0 Å².